The fraction of sp³-hybridized carbons (Fsp3) is 0. The minimum absolute atomic E-state index is 0.164. The molecule has 3 heterocycles. The van der Waals surface area contributed by atoms with Crippen LogP contribution in [0.1, 0.15) is 0 Å². The van der Waals surface area contributed by atoms with Crippen LogP contribution in [0.5, 0.6) is 0 Å². The number of benzene rings is 1. The lowest BCUT2D eigenvalue weighted by Gasteiger charge is -2.12. The molecule has 4 aromatic rings. The molecule has 0 saturated heterocycles. The van der Waals surface area contributed by atoms with Gasteiger partial charge in [0.25, 0.3) is 5.56 Å². The third-order valence-corrected chi connectivity index (χ3v) is 4.11. The van der Waals surface area contributed by atoms with Crippen LogP contribution >= 0.6 is 0 Å². The third-order valence-electron chi connectivity index (χ3n) is 4.11. The van der Waals surface area contributed by atoms with Gasteiger partial charge in [0.05, 0.1) is 5.69 Å². The first-order chi connectivity index (χ1) is 12.7. The highest BCUT2D eigenvalue weighted by atomic mass is 16.1. The van der Waals surface area contributed by atoms with Gasteiger partial charge >= 0.3 is 0 Å². The summed E-state index contributed by atoms with van der Waals surface area (Å²) in [6.45, 7) is 0. The Morgan fingerprint density at radius 1 is 0.846 bits per heavy atom. The molecule has 0 bridgehead atoms. The Kier molecular flexibility index (Phi) is 4.03. The van der Waals surface area contributed by atoms with Crippen LogP contribution in [0.25, 0.3) is 28.1 Å². The van der Waals surface area contributed by atoms with E-state index in [0.717, 1.165) is 16.9 Å². The first-order valence-electron chi connectivity index (χ1n) is 8.15. The minimum Gasteiger partial charge on any atom is -0.328 e. The maximum Gasteiger partial charge on any atom is 0.263 e. The van der Waals surface area contributed by atoms with E-state index in [-0.39, 0.29) is 11.1 Å². The van der Waals surface area contributed by atoms with Crippen LogP contribution in [-0.2, 0) is 0 Å². The van der Waals surface area contributed by atoms with Crippen molar-refractivity contribution in [2.45, 2.75) is 0 Å². The quantitative estimate of drug-likeness (QED) is 0.622. The molecule has 0 amide bonds. The molecule has 0 aliphatic rings. The molecule has 0 fully saturated rings. The molecule has 0 spiro atoms. The van der Waals surface area contributed by atoms with Crippen LogP contribution in [0.3, 0.4) is 0 Å². The van der Waals surface area contributed by atoms with Crippen molar-refractivity contribution in [1.82, 2.24) is 14.5 Å². The summed E-state index contributed by atoms with van der Waals surface area (Å²) in [7, 11) is 0. The van der Waals surface area contributed by atoms with E-state index in [4.69, 9.17) is 0 Å². The molecule has 1 aromatic carbocycles. The van der Waals surface area contributed by atoms with Crippen molar-refractivity contribution >= 4 is 0 Å². The molecular formula is C21H15N3O2. The predicted molar refractivity (Wildman–Crippen MR) is 101 cm³/mol. The highest BCUT2D eigenvalue weighted by Gasteiger charge is 2.12. The second-order valence-electron chi connectivity index (χ2n) is 5.81. The first kappa shape index (κ1) is 15.8. The van der Waals surface area contributed by atoms with Crippen LogP contribution < -0.4 is 11.1 Å². The van der Waals surface area contributed by atoms with Crippen molar-refractivity contribution in [3.8, 4) is 28.1 Å². The summed E-state index contributed by atoms with van der Waals surface area (Å²) in [6.07, 6.45) is 5.05. The summed E-state index contributed by atoms with van der Waals surface area (Å²) in [4.78, 5) is 31.5. The normalized spacial score (nSPS) is 10.6. The zero-order chi connectivity index (χ0) is 17.9. The fourth-order valence-corrected chi connectivity index (χ4v) is 2.82. The zero-order valence-corrected chi connectivity index (χ0v) is 13.8. The average Bonchev–Trinajstić information content (AvgIpc) is 2.70. The summed E-state index contributed by atoms with van der Waals surface area (Å²) in [6, 6.07) is 19.9. The van der Waals surface area contributed by atoms with Gasteiger partial charge in [-0.2, -0.15) is 0 Å². The molecule has 0 atom stereocenters. The fourth-order valence-electron chi connectivity index (χ4n) is 2.82. The topological polar surface area (TPSA) is 67.8 Å². The van der Waals surface area contributed by atoms with Gasteiger partial charge in [0.2, 0.25) is 5.56 Å². The molecule has 0 radical (unpaired) electrons. The molecule has 1 N–H and O–H groups in total. The summed E-state index contributed by atoms with van der Waals surface area (Å²) < 4.78 is 1.60. The summed E-state index contributed by atoms with van der Waals surface area (Å²) in [5, 5.41) is 0. The van der Waals surface area contributed by atoms with Crippen molar-refractivity contribution < 1.29 is 0 Å². The first-order valence-corrected chi connectivity index (χ1v) is 8.15. The van der Waals surface area contributed by atoms with Crippen LogP contribution in [-0.4, -0.2) is 14.5 Å². The summed E-state index contributed by atoms with van der Waals surface area (Å²) in [5.41, 5.74) is 3.12. The van der Waals surface area contributed by atoms with Gasteiger partial charge in [-0.1, -0.05) is 24.3 Å². The molecule has 3 aromatic heterocycles. The molecule has 126 valence electrons. The number of hydrogen-bond acceptors (Lipinski definition) is 3. The Bertz CT molecular complexity index is 1140. The van der Waals surface area contributed by atoms with Gasteiger partial charge in [-0.15, -0.1) is 0 Å². The smallest absolute Gasteiger partial charge is 0.263 e. The standard InChI is InChI=1S/C21H15N3O2/c25-20-10-9-15(13-23-20)18-12-16(19-8-4-5-11-22-19)14-24(21(18)26)17-6-2-1-3-7-17/h1-14H,(H,23,25). The number of aromatic nitrogens is 3. The van der Waals surface area contributed by atoms with Crippen LogP contribution in [0.4, 0.5) is 0 Å². The van der Waals surface area contributed by atoms with Crippen molar-refractivity contribution in [1.29, 1.82) is 0 Å². The molecule has 26 heavy (non-hydrogen) atoms. The number of hydrogen-bond donors (Lipinski definition) is 1. The van der Waals surface area contributed by atoms with Gasteiger partial charge < -0.3 is 4.98 Å². The number of rotatable bonds is 3. The Labute approximate surface area is 149 Å². The van der Waals surface area contributed by atoms with Crippen molar-refractivity contribution in [2.24, 2.45) is 0 Å². The minimum atomic E-state index is -0.210. The van der Waals surface area contributed by atoms with E-state index in [1.165, 1.54) is 6.07 Å². The van der Waals surface area contributed by atoms with Gasteiger partial charge in [0, 0.05) is 47.0 Å². The molecule has 4 rings (SSSR count). The Morgan fingerprint density at radius 3 is 2.35 bits per heavy atom. The molecule has 5 nitrogen and oxygen atoms in total. The van der Waals surface area contributed by atoms with E-state index in [1.807, 2.05) is 48.5 Å². The van der Waals surface area contributed by atoms with Crippen LogP contribution in [0.15, 0.2) is 94.9 Å². The third kappa shape index (κ3) is 2.98. The highest BCUT2D eigenvalue weighted by molar-refractivity contribution is 5.70. The molecule has 0 aliphatic carbocycles. The average molecular weight is 341 g/mol. The molecule has 5 heteroatoms. The maximum atomic E-state index is 13.1. The van der Waals surface area contributed by atoms with E-state index in [0.29, 0.717) is 11.1 Å². The number of nitrogens with one attached hydrogen (secondary N) is 1. The van der Waals surface area contributed by atoms with E-state index >= 15 is 0 Å². The lowest BCUT2D eigenvalue weighted by Crippen LogP contribution is -2.20. The molecular weight excluding hydrogens is 326 g/mol. The van der Waals surface area contributed by atoms with E-state index in [9.17, 15) is 9.59 Å². The van der Waals surface area contributed by atoms with Crippen molar-refractivity contribution in [2.75, 3.05) is 0 Å². The Hall–Kier alpha value is -3.73. The second kappa shape index (κ2) is 6.64. The monoisotopic (exact) mass is 341 g/mol. The largest absolute Gasteiger partial charge is 0.328 e. The maximum absolute atomic E-state index is 13.1. The van der Waals surface area contributed by atoms with Gasteiger partial charge in [0.1, 0.15) is 0 Å². The lowest BCUT2D eigenvalue weighted by atomic mass is 10.1. The number of pyridine rings is 3. The van der Waals surface area contributed by atoms with Crippen LogP contribution in [0.2, 0.25) is 0 Å². The van der Waals surface area contributed by atoms with Gasteiger partial charge in [-0.05, 0) is 36.4 Å². The van der Waals surface area contributed by atoms with Crippen molar-refractivity contribution in [3.63, 3.8) is 0 Å². The molecule has 0 aliphatic heterocycles. The van der Waals surface area contributed by atoms with E-state index < -0.39 is 0 Å². The predicted octanol–water partition coefficient (Wildman–Crippen LogP) is 3.25. The number of nitrogens with zero attached hydrogens (tertiary/aromatic N) is 2. The number of aromatic amines is 1. The van der Waals surface area contributed by atoms with Gasteiger partial charge in [0.15, 0.2) is 0 Å². The summed E-state index contributed by atoms with van der Waals surface area (Å²) >= 11 is 0. The Balaban J connectivity index is 2.00. The van der Waals surface area contributed by atoms with E-state index in [1.54, 1.807) is 35.3 Å². The van der Waals surface area contributed by atoms with E-state index in [2.05, 4.69) is 9.97 Å². The lowest BCUT2D eigenvalue weighted by molar-refractivity contribution is 0.992. The second-order valence-corrected chi connectivity index (χ2v) is 5.81. The van der Waals surface area contributed by atoms with Crippen LogP contribution in [0, 0.1) is 0 Å². The number of para-hydroxylation sites is 1. The van der Waals surface area contributed by atoms with Gasteiger partial charge in [-0.3, -0.25) is 19.1 Å². The van der Waals surface area contributed by atoms with Gasteiger partial charge in [-0.25, -0.2) is 0 Å². The summed E-state index contributed by atoms with van der Waals surface area (Å²) in [5.74, 6) is 0. The highest BCUT2D eigenvalue weighted by Crippen LogP contribution is 2.23. The van der Waals surface area contributed by atoms with Crippen molar-refractivity contribution in [3.05, 3.63) is 106 Å². The number of H-pyrrole nitrogens is 1. The SMILES string of the molecule is O=c1ccc(-c2cc(-c3ccccn3)cn(-c3ccccc3)c2=O)c[nH]1. The Morgan fingerprint density at radius 2 is 1.65 bits per heavy atom. The molecule has 0 saturated carbocycles. The molecule has 0 unspecified atom stereocenters. The zero-order valence-electron chi connectivity index (χ0n) is 13.8.